The van der Waals surface area contributed by atoms with E-state index in [0.29, 0.717) is 13.2 Å². The molecule has 0 saturated carbocycles. The minimum absolute atomic E-state index is 0.183. The first-order chi connectivity index (χ1) is 14.6. The van der Waals surface area contributed by atoms with Crippen molar-refractivity contribution in [3.63, 3.8) is 0 Å². The molecule has 160 valence electrons. The zero-order valence-electron chi connectivity index (χ0n) is 17.2. The van der Waals surface area contributed by atoms with E-state index < -0.39 is 0 Å². The zero-order chi connectivity index (χ0) is 20.9. The first-order valence-electron chi connectivity index (χ1n) is 10.5. The number of amides is 1. The van der Waals surface area contributed by atoms with E-state index in [-0.39, 0.29) is 5.91 Å². The topological polar surface area (TPSA) is 42.0 Å². The van der Waals surface area contributed by atoms with Crippen molar-refractivity contribution in [1.29, 1.82) is 0 Å². The van der Waals surface area contributed by atoms with Crippen molar-refractivity contribution in [3.8, 4) is 11.5 Å². The van der Waals surface area contributed by atoms with Crippen LogP contribution in [0.5, 0.6) is 11.5 Å². The molecule has 2 aliphatic heterocycles. The average Bonchev–Trinajstić information content (AvgIpc) is 3.12. The smallest absolute Gasteiger partial charge is 0.231 e. The predicted octanol–water partition coefficient (Wildman–Crippen LogP) is 4.85. The second-order valence-corrected chi connectivity index (χ2v) is 9.05. The molecule has 0 bridgehead atoms. The number of rotatable bonds is 7. The number of thioether (sulfide) groups is 1. The van der Waals surface area contributed by atoms with Gasteiger partial charge in [-0.1, -0.05) is 24.6 Å². The molecule has 0 unspecified atom stereocenters. The molecule has 7 heteroatoms. The molecule has 0 saturated heterocycles. The summed E-state index contributed by atoms with van der Waals surface area (Å²) in [5.74, 6) is 2.83. The standard InChI is InChI=1S/C23H27ClN2O3S/c1-2-25(11-8-17-4-7-20-21(14-17)29-16-28-20)12-9-23(27)26-10-3-13-30-22-15-18(24)5-6-19(22)26/h4-7,14-15H,2-3,8-13,16H2,1H3. The maximum Gasteiger partial charge on any atom is 0.231 e. The molecule has 2 heterocycles. The number of nitrogens with zero attached hydrogens (tertiary/aromatic N) is 2. The lowest BCUT2D eigenvalue weighted by Crippen LogP contribution is -2.36. The molecule has 0 N–H and O–H groups in total. The molecular weight excluding hydrogens is 420 g/mol. The van der Waals surface area contributed by atoms with Crippen molar-refractivity contribution in [1.82, 2.24) is 4.90 Å². The van der Waals surface area contributed by atoms with Crippen LogP contribution >= 0.6 is 23.4 Å². The molecule has 4 rings (SSSR count). The molecule has 0 atom stereocenters. The van der Waals surface area contributed by atoms with Crippen LogP contribution in [-0.4, -0.2) is 49.5 Å². The molecule has 0 fully saturated rings. The monoisotopic (exact) mass is 446 g/mol. The second kappa shape index (κ2) is 9.94. The summed E-state index contributed by atoms with van der Waals surface area (Å²) < 4.78 is 10.8. The van der Waals surface area contributed by atoms with Crippen LogP contribution in [0.1, 0.15) is 25.3 Å². The van der Waals surface area contributed by atoms with Gasteiger partial charge in [-0.05, 0) is 61.0 Å². The van der Waals surface area contributed by atoms with Gasteiger partial charge in [-0.15, -0.1) is 11.8 Å². The Kier molecular flexibility index (Phi) is 7.08. The highest BCUT2D eigenvalue weighted by Gasteiger charge is 2.22. The molecule has 0 aromatic heterocycles. The Bertz CT molecular complexity index is 908. The van der Waals surface area contributed by atoms with Crippen molar-refractivity contribution in [2.75, 3.05) is 43.6 Å². The van der Waals surface area contributed by atoms with Crippen molar-refractivity contribution in [2.24, 2.45) is 0 Å². The third kappa shape index (κ3) is 5.05. The highest BCUT2D eigenvalue weighted by molar-refractivity contribution is 7.99. The number of fused-ring (bicyclic) bond motifs is 2. The fourth-order valence-electron chi connectivity index (χ4n) is 3.81. The molecule has 0 aliphatic carbocycles. The largest absolute Gasteiger partial charge is 0.454 e. The summed E-state index contributed by atoms with van der Waals surface area (Å²) in [6, 6.07) is 11.9. The van der Waals surface area contributed by atoms with Crippen molar-refractivity contribution < 1.29 is 14.3 Å². The number of carbonyl (C=O) groups is 1. The van der Waals surface area contributed by atoms with Crippen LogP contribution in [0.15, 0.2) is 41.3 Å². The van der Waals surface area contributed by atoms with Gasteiger partial charge in [0.25, 0.3) is 0 Å². The van der Waals surface area contributed by atoms with Gasteiger partial charge in [-0.3, -0.25) is 4.79 Å². The Labute approximate surface area is 187 Å². The normalized spacial score (nSPS) is 15.2. The van der Waals surface area contributed by atoms with Crippen LogP contribution < -0.4 is 14.4 Å². The van der Waals surface area contributed by atoms with Gasteiger partial charge in [-0.2, -0.15) is 0 Å². The number of anilines is 1. The van der Waals surface area contributed by atoms with Gasteiger partial charge >= 0.3 is 0 Å². The summed E-state index contributed by atoms with van der Waals surface area (Å²) in [5.41, 5.74) is 2.22. The third-order valence-corrected chi connectivity index (χ3v) is 6.91. The molecule has 30 heavy (non-hydrogen) atoms. The Morgan fingerprint density at radius 3 is 2.90 bits per heavy atom. The minimum Gasteiger partial charge on any atom is -0.454 e. The van der Waals surface area contributed by atoms with Gasteiger partial charge in [0, 0.05) is 36.0 Å². The quantitative estimate of drug-likeness (QED) is 0.608. The Balaban J connectivity index is 1.33. The number of hydrogen-bond acceptors (Lipinski definition) is 5. The Hall–Kier alpha value is -1.89. The van der Waals surface area contributed by atoms with Crippen LogP contribution in [0.2, 0.25) is 5.02 Å². The summed E-state index contributed by atoms with van der Waals surface area (Å²) in [7, 11) is 0. The van der Waals surface area contributed by atoms with Crippen LogP contribution in [0.4, 0.5) is 5.69 Å². The summed E-state index contributed by atoms with van der Waals surface area (Å²) in [6.45, 7) is 5.79. The van der Waals surface area contributed by atoms with Crippen molar-refractivity contribution in [3.05, 3.63) is 47.0 Å². The van der Waals surface area contributed by atoms with Crippen molar-refractivity contribution in [2.45, 2.75) is 31.1 Å². The SMILES string of the molecule is CCN(CCC(=O)N1CCCSc2cc(Cl)ccc21)CCc1ccc2c(c1)OCO2. The highest BCUT2D eigenvalue weighted by Crippen LogP contribution is 2.36. The molecule has 0 spiro atoms. The first-order valence-corrected chi connectivity index (χ1v) is 11.8. The number of ether oxygens (including phenoxy) is 2. The predicted molar refractivity (Wildman–Crippen MR) is 122 cm³/mol. The summed E-state index contributed by atoms with van der Waals surface area (Å²) in [5, 5.41) is 0.719. The molecule has 1 amide bonds. The van der Waals surface area contributed by atoms with Crippen LogP contribution in [0.3, 0.4) is 0 Å². The lowest BCUT2D eigenvalue weighted by Gasteiger charge is -2.25. The Morgan fingerprint density at radius 2 is 2.03 bits per heavy atom. The number of halogens is 1. The van der Waals surface area contributed by atoms with E-state index in [4.69, 9.17) is 21.1 Å². The van der Waals surface area contributed by atoms with Gasteiger partial charge in [0.2, 0.25) is 12.7 Å². The van der Waals surface area contributed by atoms with Gasteiger partial charge in [-0.25, -0.2) is 0 Å². The van der Waals surface area contributed by atoms with Crippen LogP contribution in [0.25, 0.3) is 0 Å². The number of likely N-dealkylation sites (N-methyl/N-ethyl adjacent to an activating group) is 1. The first kappa shape index (κ1) is 21.3. The molecule has 2 aromatic rings. The van der Waals surface area contributed by atoms with Gasteiger partial charge in [0.05, 0.1) is 5.69 Å². The maximum absolute atomic E-state index is 13.0. The van der Waals surface area contributed by atoms with Crippen molar-refractivity contribution >= 4 is 35.0 Å². The molecule has 2 aliphatic rings. The zero-order valence-corrected chi connectivity index (χ0v) is 18.8. The summed E-state index contributed by atoms with van der Waals surface area (Å²) in [4.78, 5) is 18.4. The van der Waals surface area contributed by atoms with Gasteiger partial charge in [0.15, 0.2) is 11.5 Å². The third-order valence-electron chi connectivity index (χ3n) is 5.54. The summed E-state index contributed by atoms with van der Waals surface area (Å²) >= 11 is 7.94. The molecular formula is C23H27ClN2O3S. The van der Waals surface area contributed by atoms with E-state index in [1.165, 1.54) is 5.56 Å². The van der Waals surface area contributed by atoms with E-state index in [9.17, 15) is 4.79 Å². The van der Waals surface area contributed by atoms with E-state index in [1.54, 1.807) is 11.8 Å². The fourth-order valence-corrected chi connectivity index (χ4v) is 5.08. The van der Waals surface area contributed by atoms with E-state index in [0.717, 1.165) is 71.9 Å². The van der Waals surface area contributed by atoms with Crippen LogP contribution in [0, 0.1) is 0 Å². The van der Waals surface area contributed by atoms with Gasteiger partial charge < -0.3 is 19.3 Å². The average molecular weight is 447 g/mol. The van der Waals surface area contributed by atoms with E-state index in [1.807, 2.05) is 29.2 Å². The lowest BCUT2D eigenvalue weighted by atomic mass is 10.1. The van der Waals surface area contributed by atoms with Crippen LogP contribution in [-0.2, 0) is 11.2 Å². The maximum atomic E-state index is 13.0. The second-order valence-electron chi connectivity index (χ2n) is 7.48. The lowest BCUT2D eigenvalue weighted by molar-refractivity contribution is -0.119. The molecule has 2 aromatic carbocycles. The number of carbonyl (C=O) groups excluding carboxylic acids is 1. The highest BCUT2D eigenvalue weighted by atomic mass is 35.5. The number of hydrogen-bond donors (Lipinski definition) is 0. The van der Waals surface area contributed by atoms with Gasteiger partial charge in [0.1, 0.15) is 0 Å². The Morgan fingerprint density at radius 1 is 1.17 bits per heavy atom. The number of benzene rings is 2. The molecule has 5 nitrogen and oxygen atoms in total. The van der Waals surface area contributed by atoms with E-state index >= 15 is 0 Å². The fraction of sp³-hybridized carbons (Fsp3) is 0.435. The minimum atomic E-state index is 0.183. The van der Waals surface area contributed by atoms with E-state index in [2.05, 4.69) is 24.0 Å². The molecule has 0 radical (unpaired) electrons. The summed E-state index contributed by atoms with van der Waals surface area (Å²) in [6.07, 6.45) is 2.42.